The van der Waals surface area contributed by atoms with Crippen LogP contribution in [0.1, 0.15) is 36.1 Å². The van der Waals surface area contributed by atoms with Crippen molar-refractivity contribution in [2.24, 2.45) is 0 Å². The standard InChI is InChI=1S/C15H24N4O/c1-10-8-18-12(11(2)14(10)16)9-19-7-5-4-6-13(19)15(20)17-3/h8,13H,4-7,9H2,1-3H3,(H2,16,18)(H,17,20). The number of aromatic nitrogens is 1. The lowest BCUT2D eigenvalue weighted by Gasteiger charge is -2.34. The smallest absolute Gasteiger partial charge is 0.237 e. The summed E-state index contributed by atoms with van der Waals surface area (Å²) in [5.41, 5.74) is 9.90. The molecule has 1 aromatic rings. The number of nitrogens with zero attached hydrogens (tertiary/aromatic N) is 2. The third-order valence-corrected chi connectivity index (χ3v) is 4.19. The zero-order chi connectivity index (χ0) is 14.7. The van der Waals surface area contributed by atoms with Crippen molar-refractivity contribution in [3.05, 3.63) is 23.0 Å². The Kier molecular flexibility index (Phi) is 4.60. The molecule has 20 heavy (non-hydrogen) atoms. The Morgan fingerprint density at radius 2 is 2.25 bits per heavy atom. The molecule has 1 atom stereocenters. The Balaban J connectivity index is 2.19. The van der Waals surface area contributed by atoms with E-state index in [1.54, 1.807) is 7.05 Å². The van der Waals surface area contributed by atoms with Crippen LogP contribution in [-0.4, -0.2) is 35.4 Å². The summed E-state index contributed by atoms with van der Waals surface area (Å²) in [4.78, 5) is 18.7. The second-order valence-corrected chi connectivity index (χ2v) is 5.52. The Labute approximate surface area is 120 Å². The minimum atomic E-state index is -0.0440. The highest BCUT2D eigenvalue weighted by atomic mass is 16.2. The fourth-order valence-corrected chi connectivity index (χ4v) is 2.79. The summed E-state index contributed by atoms with van der Waals surface area (Å²) in [5.74, 6) is 0.0995. The Morgan fingerprint density at radius 3 is 2.95 bits per heavy atom. The SMILES string of the molecule is CNC(=O)C1CCCCN1Cc1ncc(C)c(N)c1C. The topological polar surface area (TPSA) is 71.2 Å². The second-order valence-electron chi connectivity index (χ2n) is 5.52. The van der Waals surface area contributed by atoms with Gasteiger partial charge in [0, 0.05) is 25.5 Å². The van der Waals surface area contributed by atoms with Crippen LogP contribution in [0.3, 0.4) is 0 Å². The van der Waals surface area contributed by atoms with Crippen molar-refractivity contribution >= 4 is 11.6 Å². The fourth-order valence-electron chi connectivity index (χ4n) is 2.79. The summed E-state index contributed by atoms with van der Waals surface area (Å²) >= 11 is 0. The van der Waals surface area contributed by atoms with E-state index in [4.69, 9.17) is 5.73 Å². The number of rotatable bonds is 3. The number of piperidine rings is 1. The van der Waals surface area contributed by atoms with Crippen LogP contribution in [-0.2, 0) is 11.3 Å². The molecule has 0 aliphatic carbocycles. The van der Waals surface area contributed by atoms with Crippen molar-refractivity contribution in [1.82, 2.24) is 15.2 Å². The van der Waals surface area contributed by atoms with Crippen LogP contribution in [0.5, 0.6) is 0 Å². The number of nitrogens with two attached hydrogens (primary N) is 1. The van der Waals surface area contributed by atoms with Gasteiger partial charge >= 0.3 is 0 Å². The molecule has 0 saturated carbocycles. The van der Waals surface area contributed by atoms with E-state index < -0.39 is 0 Å². The maximum atomic E-state index is 12.0. The van der Waals surface area contributed by atoms with Crippen molar-refractivity contribution in [3.63, 3.8) is 0 Å². The highest BCUT2D eigenvalue weighted by Gasteiger charge is 2.28. The molecular weight excluding hydrogens is 252 g/mol. The number of carbonyl (C=O) groups is 1. The van der Waals surface area contributed by atoms with Crippen molar-refractivity contribution in [2.45, 2.75) is 45.7 Å². The molecule has 5 heteroatoms. The molecule has 1 aliphatic heterocycles. The monoisotopic (exact) mass is 276 g/mol. The third-order valence-electron chi connectivity index (χ3n) is 4.19. The average Bonchev–Trinajstić information content (AvgIpc) is 2.47. The number of anilines is 1. The van der Waals surface area contributed by atoms with Gasteiger partial charge in [-0.05, 0) is 44.4 Å². The Bertz CT molecular complexity index is 501. The molecule has 0 radical (unpaired) electrons. The van der Waals surface area contributed by atoms with Crippen molar-refractivity contribution < 1.29 is 4.79 Å². The maximum Gasteiger partial charge on any atom is 0.237 e. The highest BCUT2D eigenvalue weighted by molar-refractivity contribution is 5.81. The first kappa shape index (κ1) is 14.8. The van der Waals surface area contributed by atoms with Crippen molar-refractivity contribution in [1.29, 1.82) is 0 Å². The van der Waals surface area contributed by atoms with E-state index in [0.717, 1.165) is 48.3 Å². The minimum Gasteiger partial charge on any atom is -0.398 e. The molecule has 1 aromatic heterocycles. The number of pyridine rings is 1. The summed E-state index contributed by atoms with van der Waals surface area (Å²) in [6.45, 7) is 5.60. The molecule has 5 nitrogen and oxygen atoms in total. The Morgan fingerprint density at radius 1 is 1.50 bits per heavy atom. The lowest BCUT2D eigenvalue weighted by molar-refractivity contribution is -0.127. The number of aryl methyl sites for hydroxylation is 1. The van der Waals surface area contributed by atoms with Gasteiger partial charge in [0.1, 0.15) is 0 Å². The maximum absolute atomic E-state index is 12.0. The van der Waals surface area contributed by atoms with Crippen LogP contribution < -0.4 is 11.1 Å². The summed E-state index contributed by atoms with van der Waals surface area (Å²) in [7, 11) is 1.70. The normalized spacial score (nSPS) is 19.9. The summed E-state index contributed by atoms with van der Waals surface area (Å²) < 4.78 is 0. The van der Waals surface area contributed by atoms with Gasteiger partial charge in [-0.15, -0.1) is 0 Å². The van der Waals surface area contributed by atoms with E-state index in [9.17, 15) is 4.79 Å². The number of carbonyl (C=O) groups excluding carboxylic acids is 1. The van der Waals surface area contributed by atoms with Crippen LogP contribution in [0.4, 0.5) is 5.69 Å². The number of amides is 1. The third kappa shape index (κ3) is 2.93. The highest BCUT2D eigenvalue weighted by Crippen LogP contribution is 2.23. The van der Waals surface area contributed by atoms with Crippen LogP contribution in [0, 0.1) is 13.8 Å². The first-order valence-electron chi connectivity index (χ1n) is 7.20. The molecule has 2 rings (SSSR count). The van der Waals surface area contributed by atoms with Gasteiger partial charge in [-0.2, -0.15) is 0 Å². The second kappa shape index (κ2) is 6.22. The van der Waals surface area contributed by atoms with Gasteiger partial charge < -0.3 is 11.1 Å². The van der Waals surface area contributed by atoms with Crippen molar-refractivity contribution in [2.75, 3.05) is 19.3 Å². The summed E-state index contributed by atoms with van der Waals surface area (Å²) in [5, 5.41) is 2.76. The number of likely N-dealkylation sites (N-methyl/N-ethyl adjacent to an activating group) is 1. The lowest BCUT2D eigenvalue weighted by Crippen LogP contribution is -2.48. The molecule has 0 bridgehead atoms. The van der Waals surface area contributed by atoms with E-state index in [2.05, 4.69) is 15.2 Å². The average molecular weight is 276 g/mol. The molecule has 1 unspecified atom stereocenters. The molecule has 110 valence electrons. The number of nitrogens with one attached hydrogen (secondary N) is 1. The summed E-state index contributed by atoms with van der Waals surface area (Å²) in [6.07, 6.45) is 4.97. The molecule has 1 amide bonds. The predicted molar refractivity (Wildman–Crippen MR) is 80.2 cm³/mol. The van der Waals surface area contributed by atoms with Crippen LogP contribution in [0.15, 0.2) is 6.20 Å². The van der Waals surface area contributed by atoms with Gasteiger partial charge in [0.25, 0.3) is 0 Å². The van der Waals surface area contributed by atoms with Crippen LogP contribution in [0.2, 0.25) is 0 Å². The quantitative estimate of drug-likeness (QED) is 0.875. The van der Waals surface area contributed by atoms with E-state index in [-0.39, 0.29) is 11.9 Å². The number of hydrogen-bond acceptors (Lipinski definition) is 4. The van der Waals surface area contributed by atoms with Gasteiger partial charge in [0.05, 0.1) is 11.7 Å². The number of likely N-dealkylation sites (tertiary alicyclic amines) is 1. The zero-order valence-electron chi connectivity index (χ0n) is 12.6. The van der Waals surface area contributed by atoms with E-state index in [1.165, 1.54) is 0 Å². The zero-order valence-corrected chi connectivity index (χ0v) is 12.6. The molecule has 1 aliphatic rings. The predicted octanol–water partition coefficient (Wildman–Crippen LogP) is 1.38. The first-order chi connectivity index (χ1) is 9.54. The van der Waals surface area contributed by atoms with Gasteiger partial charge in [-0.25, -0.2) is 0 Å². The Hall–Kier alpha value is -1.62. The van der Waals surface area contributed by atoms with E-state index in [0.29, 0.717) is 6.54 Å². The first-order valence-corrected chi connectivity index (χ1v) is 7.20. The van der Waals surface area contributed by atoms with Crippen molar-refractivity contribution in [3.8, 4) is 0 Å². The number of nitrogen functional groups attached to an aromatic ring is 1. The molecule has 0 spiro atoms. The van der Waals surface area contributed by atoms with E-state index in [1.807, 2.05) is 20.0 Å². The van der Waals surface area contributed by atoms with Gasteiger partial charge in [-0.1, -0.05) is 6.42 Å². The van der Waals surface area contributed by atoms with Crippen LogP contribution >= 0.6 is 0 Å². The molecule has 0 aromatic carbocycles. The van der Waals surface area contributed by atoms with E-state index >= 15 is 0 Å². The van der Waals surface area contributed by atoms with Gasteiger partial charge in [0.2, 0.25) is 5.91 Å². The number of hydrogen-bond donors (Lipinski definition) is 2. The van der Waals surface area contributed by atoms with Gasteiger partial charge in [-0.3, -0.25) is 14.7 Å². The van der Waals surface area contributed by atoms with Crippen LogP contribution in [0.25, 0.3) is 0 Å². The molecule has 3 N–H and O–H groups in total. The lowest BCUT2D eigenvalue weighted by atomic mass is 10.00. The summed E-state index contributed by atoms with van der Waals surface area (Å²) in [6, 6.07) is -0.0440. The molecule has 1 fully saturated rings. The largest absolute Gasteiger partial charge is 0.398 e. The molecule has 2 heterocycles. The fraction of sp³-hybridized carbons (Fsp3) is 0.600. The minimum absolute atomic E-state index is 0.0440. The molecular formula is C15H24N4O. The molecule has 1 saturated heterocycles. The van der Waals surface area contributed by atoms with Gasteiger partial charge in [0.15, 0.2) is 0 Å².